The van der Waals surface area contributed by atoms with Crippen LogP contribution in [-0.2, 0) is 11.2 Å². The number of anilines is 2. The van der Waals surface area contributed by atoms with Crippen molar-refractivity contribution in [3.05, 3.63) is 72.7 Å². The Morgan fingerprint density at radius 1 is 0.909 bits per heavy atom. The minimum Gasteiger partial charge on any atom is -0.490 e. The van der Waals surface area contributed by atoms with Gasteiger partial charge in [-0.2, -0.15) is 0 Å². The molecule has 4 rings (SSSR count). The normalized spacial score (nSPS) is 12.8. The maximum absolute atomic E-state index is 12.3. The van der Waals surface area contributed by atoms with E-state index in [-0.39, 0.29) is 36.4 Å². The first-order valence-corrected chi connectivity index (χ1v) is 10.6. The fourth-order valence-corrected chi connectivity index (χ4v) is 3.15. The summed E-state index contributed by atoms with van der Waals surface area (Å²) in [4.78, 5) is 16.8. The molecule has 0 aliphatic carbocycles. The van der Waals surface area contributed by atoms with Gasteiger partial charge in [-0.05, 0) is 36.4 Å². The van der Waals surface area contributed by atoms with Crippen molar-refractivity contribution < 1.29 is 18.7 Å². The number of rotatable bonds is 7. The SMILES string of the molecule is I.O=C(CN=C(NCCc1ccco1)Nc1ccc2c(c1)OCCCO2)Nc1ccccc1. The second-order valence-electron chi connectivity index (χ2n) is 7.17. The standard InChI is InChI=1S/C24H26N4O4.HI/c29-23(27-18-6-2-1-3-7-18)17-26-24(25-12-11-20-8-4-13-30-20)28-19-9-10-21-22(16-19)32-15-5-14-31-21;/h1-4,6-10,13,16H,5,11-12,14-15,17H2,(H,27,29)(H2,25,26,28);1H. The highest BCUT2D eigenvalue weighted by molar-refractivity contribution is 14.0. The van der Waals surface area contributed by atoms with Crippen molar-refractivity contribution >= 4 is 47.2 Å². The molecule has 0 spiro atoms. The van der Waals surface area contributed by atoms with Gasteiger partial charge in [-0.15, -0.1) is 24.0 Å². The lowest BCUT2D eigenvalue weighted by Crippen LogP contribution is -2.33. The fraction of sp³-hybridized carbons (Fsp3) is 0.250. The number of carbonyl (C=O) groups excluding carboxylic acids is 1. The number of benzene rings is 2. The third-order valence-corrected chi connectivity index (χ3v) is 4.69. The number of amides is 1. The number of hydrogen-bond donors (Lipinski definition) is 3. The van der Waals surface area contributed by atoms with E-state index in [0.717, 1.165) is 29.3 Å². The van der Waals surface area contributed by atoms with Gasteiger partial charge in [0.2, 0.25) is 5.91 Å². The molecule has 0 saturated heterocycles. The first kappa shape index (κ1) is 24.4. The van der Waals surface area contributed by atoms with E-state index in [9.17, 15) is 4.79 Å². The molecule has 3 N–H and O–H groups in total. The summed E-state index contributed by atoms with van der Waals surface area (Å²) in [5.74, 6) is 2.55. The van der Waals surface area contributed by atoms with E-state index in [1.807, 2.05) is 60.7 Å². The van der Waals surface area contributed by atoms with Crippen LogP contribution in [0.2, 0.25) is 0 Å². The molecule has 1 aliphatic heterocycles. The summed E-state index contributed by atoms with van der Waals surface area (Å²) in [7, 11) is 0. The van der Waals surface area contributed by atoms with Gasteiger partial charge in [0.05, 0.1) is 19.5 Å². The quantitative estimate of drug-likeness (QED) is 0.226. The summed E-state index contributed by atoms with van der Waals surface area (Å²) in [5.41, 5.74) is 1.51. The van der Waals surface area contributed by atoms with Gasteiger partial charge in [0.25, 0.3) is 0 Å². The average molecular weight is 562 g/mol. The van der Waals surface area contributed by atoms with E-state index in [1.54, 1.807) is 6.26 Å². The van der Waals surface area contributed by atoms with E-state index in [0.29, 0.717) is 37.9 Å². The molecule has 174 valence electrons. The lowest BCUT2D eigenvalue weighted by molar-refractivity contribution is -0.114. The monoisotopic (exact) mass is 562 g/mol. The summed E-state index contributed by atoms with van der Waals surface area (Å²) < 4.78 is 16.8. The maximum Gasteiger partial charge on any atom is 0.246 e. The van der Waals surface area contributed by atoms with Crippen molar-refractivity contribution in [2.45, 2.75) is 12.8 Å². The van der Waals surface area contributed by atoms with E-state index >= 15 is 0 Å². The van der Waals surface area contributed by atoms with E-state index in [2.05, 4.69) is 20.9 Å². The Kier molecular flexibility index (Phi) is 9.43. The Morgan fingerprint density at radius 3 is 2.52 bits per heavy atom. The number of halogens is 1. The molecule has 1 aliphatic rings. The smallest absolute Gasteiger partial charge is 0.246 e. The van der Waals surface area contributed by atoms with Crippen molar-refractivity contribution in [3.63, 3.8) is 0 Å². The van der Waals surface area contributed by atoms with Crippen LogP contribution in [-0.4, -0.2) is 38.2 Å². The largest absolute Gasteiger partial charge is 0.490 e. The highest BCUT2D eigenvalue weighted by atomic mass is 127. The molecule has 0 fully saturated rings. The van der Waals surface area contributed by atoms with Crippen molar-refractivity contribution in [2.24, 2.45) is 4.99 Å². The number of nitrogens with zero attached hydrogens (tertiary/aromatic N) is 1. The van der Waals surface area contributed by atoms with Crippen molar-refractivity contribution in [1.29, 1.82) is 0 Å². The maximum atomic E-state index is 12.3. The third kappa shape index (κ3) is 7.70. The van der Waals surface area contributed by atoms with Gasteiger partial charge in [0, 0.05) is 36.8 Å². The van der Waals surface area contributed by atoms with E-state index in [4.69, 9.17) is 13.9 Å². The van der Waals surface area contributed by atoms with Crippen LogP contribution in [0.25, 0.3) is 0 Å². The molecule has 33 heavy (non-hydrogen) atoms. The van der Waals surface area contributed by atoms with Gasteiger partial charge in [0.1, 0.15) is 12.3 Å². The number of hydrogen-bond acceptors (Lipinski definition) is 5. The van der Waals surface area contributed by atoms with E-state index in [1.165, 1.54) is 0 Å². The highest BCUT2D eigenvalue weighted by Gasteiger charge is 2.12. The molecule has 1 amide bonds. The highest BCUT2D eigenvalue weighted by Crippen LogP contribution is 2.32. The zero-order chi connectivity index (χ0) is 22.0. The van der Waals surface area contributed by atoms with Crippen LogP contribution < -0.4 is 25.4 Å². The van der Waals surface area contributed by atoms with Crippen LogP contribution in [0, 0.1) is 0 Å². The molecular weight excluding hydrogens is 535 g/mol. The van der Waals surface area contributed by atoms with Crippen molar-refractivity contribution in [3.8, 4) is 11.5 Å². The van der Waals surface area contributed by atoms with Crippen molar-refractivity contribution in [2.75, 3.05) is 36.9 Å². The second kappa shape index (κ2) is 12.7. The molecule has 2 heterocycles. The molecule has 8 nitrogen and oxygen atoms in total. The van der Waals surface area contributed by atoms with Crippen molar-refractivity contribution in [1.82, 2.24) is 5.32 Å². The van der Waals surface area contributed by atoms with Gasteiger partial charge in [-0.25, -0.2) is 4.99 Å². The zero-order valence-electron chi connectivity index (χ0n) is 18.1. The van der Waals surface area contributed by atoms with Crippen LogP contribution in [0.1, 0.15) is 12.2 Å². The molecule has 2 aromatic carbocycles. The third-order valence-electron chi connectivity index (χ3n) is 4.69. The molecule has 0 saturated carbocycles. The number of furan rings is 1. The lowest BCUT2D eigenvalue weighted by atomic mass is 10.2. The molecule has 3 aromatic rings. The lowest BCUT2D eigenvalue weighted by Gasteiger charge is -2.14. The Bertz CT molecular complexity index is 1040. The Morgan fingerprint density at radius 2 is 1.73 bits per heavy atom. The molecule has 9 heteroatoms. The topological polar surface area (TPSA) is 97.1 Å². The Labute approximate surface area is 209 Å². The van der Waals surface area contributed by atoms with Gasteiger partial charge in [-0.3, -0.25) is 4.79 Å². The number of para-hydroxylation sites is 1. The van der Waals surface area contributed by atoms with Gasteiger partial charge in [0.15, 0.2) is 17.5 Å². The average Bonchev–Trinajstić information content (AvgIpc) is 3.21. The summed E-state index contributed by atoms with van der Waals surface area (Å²) in [6.45, 7) is 1.80. The van der Waals surface area contributed by atoms with Crippen LogP contribution in [0.5, 0.6) is 11.5 Å². The van der Waals surface area contributed by atoms with Crippen LogP contribution in [0.3, 0.4) is 0 Å². The summed E-state index contributed by atoms with van der Waals surface area (Å²) in [6, 6.07) is 18.7. The summed E-state index contributed by atoms with van der Waals surface area (Å²) in [6.07, 6.45) is 3.17. The second-order valence-corrected chi connectivity index (χ2v) is 7.17. The number of aliphatic imine (C=N–C) groups is 1. The van der Waals surface area contributed by atoms with Crippen LogP contribution in [0.4, 0.5) is 11.4 Å². The molecule has 0 bridgehead atoms. The number of carbonyl (C=O) groups is 1. The van der Waals surface area contributed by atoms with Crippen LogP contribution in [0.15, 0.2) is 76.3 Å². The summed E-state index contributed by atoms with van der Waals surface area (Å²) >= 11 is 0. The number of guanidine groups is 1. The summed E-state index contributed by atoms with van der Waals surface area (Å²) in [5, 5.41) is 9.32. The van der Waals surface area contributed by atoms with E-state index < -0.39 is 0 Å². The minimum absolute atomic E-state index is 0. The first-order chi connectivity index (χ1) is 15.8. The van der Waals surface area contributed by atoms with Gasteiger partial charge >= 0.3 is 0 Å². The number of fused-ring (bicyclic) bond motifs is 1. The molecule has 0 radical (unpaired) electrons. The minimum atomic E-state index is -0.206. The first-order valence-electron chi connectivity index (χ1n) is 10.6. The number of nitrogens with one attached hydrogen (secondary N) is 3. The Hall–Kier alpha value is -3.21. The van der Waals surface area contributed by atoms with Gasteiger partial charge in [-0.1, -0.05) is 18.2 Å². The molecule has 0 unspecified atom stereocenters. The molecule has 1 aromatic heterocycles. The predicted octanol–water partition coefficient (Wildman–Crippen LogP) is 4.30. The van der Waals surface area contributed by atoms with Gasteiger partial charge < -0.3 is 29.8 Å². The number of ether oxygens (including phenoxy) is 2. The predicted molar refractivity (Wildman–Crippen MR) is 139 cm³/mol. The molecule has 0 atom stereocenters. The molecular formula is C24H27IN4O4. The zero-order valence-corrected chi connectivity index (χ0v) is 20.4. The fourth-order valence-electron chi connectivity index (χ4n) is 3.15. The Balaban J connectivity index is 0.00000306. The van der Waals surface area contributed by atoms with Crippen LogP contribution >= 0.6 is 24.0 Å².